The van der Waals surface area contributed by atoms with E-state index in [0.29, 0.717) is 25.8 Å². The van der Waals surface area contributed by atoms with Crippen LogP contribution in [-0.2, 0) is 46.4 Å². The molecule has 326 valence electrons. The Kier molecular flexibility index (Phi) is 20.0. The quantitative estimate of drug-likeness (QED) is 0.0944. The molecule has 0 aromatic heterocycles. The predicted molar refractivity (Wildman–Crippen MR) is 210 cm³/mol. The number of rotatable bonds is 19. The van der Waals surface area contributed by atoms with Crippen molar-refractivity contribution in [3.8, 4) is 0 Å². The Labute approximate surface area is 341 Å². The molecule has 0 unspecified atom stereocenters. The third-order valence-corrected chi connectivity index (χ3v) is 9.43. The number of nitrogens with zero attached hydrogens (tertiary/aromatic N) is 1. The number of carboxylic acid groups (broad SMARTS) is 2. The molecular weight excluding hydrogens is 779 g/mol. The summed E-state index contributed by atoms with van der Waals surface area (Å²) in [7, 11) is 0. The Morgan fingerprint density at radius 3 is 1.56 bits per heavy atom. The van der Waals surface area contributed by atoms with Crippen molar-refractivity contribution in [2.24, 2.45) is 17.4 Å². The van der Waals surface area contributed by atoms with E-state index in [-0.39, 0.29) is 57.0 Å². The number of halogens is 3. The van der Waals surface area contributed by atoms with Gasteiger partial charge in [-0.1, -0.05) is 74.5 Å². The molecule has 0 bridgehead atoms. The van der Waals surface area contributed by atoms with Crippen LogP contribution in [0.3, 0.4) is 0 Å². The first-order valence-electron chi connectivity index (χ1n) is 19.2. The molecule has 4 atom stereocenters. The highest BCUT2D eigenvalue weighted by Crippen LogP contribution is 2.22. The lowest BCUT2D eigenvalue weighted by molar-refractivity contribution is -0.192. The van der Waals surface area contributed by atoms with Crippen LogP contribution >= 0.6 is 0 Å². The van der Waals surface area contributed by atoms with E-state index in [9.17, 15) is 47.0 Å². The van der Waals surface area contributed by atoms with Crippen LogP contribution in [0.5, 0.6) is 0 Å². The van der Waals surface area contributed by atoms with Crippen molar-refractivity contribution < 1.29 is 56.9 Å². The van der Waals surface area contributed by atoms with Crippen molar-refractivity contribution in [1.29, 1.82) is 0 Å². The number of carbonyl (C=O) groups is 7. The molecule has 0 radical (unpaired) electrons. The first-order valence-corrected chi connectivity index (χ1v) is 19.2. The second-order valence-electron chi connectivity index (χ2n) is 14.8. The maximum absolute atomic E-state index is 14.0. The fourth-order valence-electron chi connectivity index (χ4n) is 6.19. The summed E-state index contributed by atoms with van der Waals surface area (Å²) in [5, 5.41) is 27.8. The number of carbonyl (C=O) groups excluding carboxylic acids is 5. The molecule has 59 heavy (non-hydrogen) atoms. The van der Waals surface area contributed by atoms with E-state index in [2.05, 4.69) is 21.3 Å². The molecule has 2 aromatic rings. The van der Waals surface area contributed by atoms with Crippen molar-refractivity contribution in [3.05, 3.63) is 71.8 Å². The first kappa shape index (κ1) is 49.6. The number of nitrogens with two attached hydrogens (primary N) is 2. The third kappa shape index (κ3) is 17.4. The number of amides is 5. The molecule has 19 heteroatoms. The Morgan fingerprint density at radius 2 is 1.15 bits per heavy atom. The number of benzene rings is 2. The Bertz CT molecular complexity index is 1710. The third-order valence-electron chi connectivity index (χ3n) is 9.43. The average Bonchev–Trinajstić information content (AvgIpc) is 3.17. The summed E-state index contributed by atoms with van der Waals surface area (Å²) in [5.74, 6) is -6.40. The number of unbranched alkanes of at least 4 members (excludes halogenated alkanes) is 1. The molecule has 1 fully saturated rings. The molecule has 10 N–H and O–H groups in total. The van der Waals surface area contributed by atoms with Crippen LogP contribution in [0.25, 0.3) is 0 Å². The Balaban J connectivity index is 0.00000157. The van der Waals surface area contributed by atoms with Gasteiger partial charge in [0.15, 0.2) is 0 Å². The first-order chi connectivity index (χ1) is 27.7. The van der Waals surface area contributed by atoms with Crippen LogP contribution < -0.4 is 32.7 Å². The maximum atomic E-state index is 14.0. The van der Waals surface area contributed by atoms with E-state index in [1.165, 1.54) is 11.8 Å². The maximum Gasteiger partial charge on any atom is 0.490 e. The van der Waals surface area contributed by atoms with Crippen molar-refractivity contribution in [3.63, 3.8) is 0 Å². The molecule has 16 nitrogen and oxygen atoms in total. The highest BCUT2D eigenvalue weighted by Gasteiger charge is 2.41. The predicted octanol–water partition coefficient (Wildman–Crippen LogP) is 1.64. The molecule has 1 saturated heterocycles. The van der Waals surface area contributed by atoms with Gasteiger partial charge >= 0.3 is 18.1 Å². The summed E-state index contributed by atoms with van der Waals surface area (Å²) in [5.41, 5.74) is 11.9. The normalized spacial score (nSPS) is 15.6. The number of nitrogens with one attached hydrogen (secondary N) is 4. The number of hydrogen-bond donors (Lipinski definition) is 8. The van der Waals surface area contributed by atoms with Gasteiger partial charge < -0.3 is 47.8 Å². The molecule has 0 spiro atoms. The molecule has 5 amide bonds. The SMILES string of the molecule is CC(=O)N[C@H](Cc1ccccc1)C(=O)N[C@H](Cc1ccccc1)C(=O)N[C@H](CC(C)C)C(=O)N[C@H](CCCCN)C(=O)N1CCC(N)(C(=O)O)CC1.O=C(O)C(F)(F)F. The minimum absolute atomic E-state index is 0.0320. The van der Waals surface area contributed by atoms with Crippen LogP contribution in [-0.4, -0.2) is 112 Å². The second kappa shape index (κ2) is 23.7. The standard InChI is InChI=1S/C38H55N7O7.C2HF3O2/c1-25(2)22-30(33(47)42-29(16-10-11-19-39)36(50)45-20-17-38(40,18-21-45)37(51)52)43-35(49)32(24-28-14-8-5-9-15-28)44-34(48)31(41-26(3)46)23-27-12-6-4-7-13-27;3-2(4,5)1(6)7/h4-9,12-15,25,29-32H,10-11,16-24,39-40H2,1-3H3,(H,41,46)(H,42,47)(H,43,49)(H,44,48)(H,51,52);(H,6,7)/t29-,30-,31-,32-;/m1./s1. The molecule has 1 aliphatic heterocycles. The van der Waals surface area contributed by atoms with E-state index < -0.39 is 71.4 Å². The van der Waals surface area contributed by atoms with Gasteiger partial charge in [0.2, 0.25) is 29.5 Å². The largest absolute Gasteiger partial charge is 0.490 e. The van der Waals surface area contributed by atoms with E-state index in [1.54, 1.807) is 0 Å². The van der Waals surface area contributed by atoms with Gasteiger partial charge in [-0.2, -0.15) is 13.2 Å². The van der Waals surface area contributed by atoms with Crippen molar-refractivity contribution in [2.45, 2.75) is 108 Å². The highest BCUT2D eigenvalue weighted by molar-refractivity contribution is 5.95. The summed E-state index contributed by atoms with van der Waals surface area (Å²) in [6, 6.07) is 14.2. The minimum Gasteiger partial charge on any atom is -0.480 e. The summed E-state index contributed by atoms with van der Waals surface area (Å²) in [6.45, 7) is 5.77. The van der Waals surface area contributed by atoms with Crippen LogP contribution in [0.1, 0.15) is 70.4 Å². The second-order valence-corrected chi connectivity index (χ2v) is 14.8. The van der Waals surface area contributed by atoms with Gasteiger partial charge in [-0.15, -0.1) is 0 Å². The van der Waals surface area contributed by atoms with Crippen LogP contribution in [0.15, 0.2) is 60.7 Å². The zero-order valence-electron chi connectivity index (χ0n) is 33.4. The van der Waals surface area contributed by atoms with Gasteiger partial charge in [0, 0.05) is 32.9 Å². The molecule has 0 saturated carbocycles. The smallest absolute Gasteiger partial charge is 0.480 e. The molecule has 3 rings (SSSR count). The van der Waals surface area contributed by atoms with Gasteiger partial charge in [-0.05, 0) is 62.1 Å². The summed E-state index contributed by atoms with van der Waals surface area (Å²) < 4.78 is 31.7. The van der Waals surface area contributed by atoms with Gasteiger partial charge in [0.1, 0.15) is 29.7 Å². The number of likely N-dealkylation sites (tertiary alicyclic amines) is 1. The monoisotopic (exact) mass is 835 g/mol. The zero-order chi connectivity index (χ0) is 44.3. The Morgan fingerprint density at radius 1 is 0.729 bits per heavy atom. The van der Waals surface area contributed by atoms with Crippen molar-refractivity contribution in [1.82, 2.24) is 26.2 Å². The van der Waals surface area contributed by atoms with Gasteiger partial charge in [-0.3, -0.25) is 28.8 Å². The van der Waals surface area contributed by atoms with E-state index in [4.69, 9.17) is 21.4 Å². The lowest BCUT2D eigenvalue weighted by Crippen LogP contribution is -2.61. The molecule has 1 aliphatic rings. The van der Waals surface area contributed by atoms with Gasteiger partial charge in [0.25, 0.3) is 0 Å². The molecular formula is C40H56F3N7O9. The van der Waals surface area contributed by atoms with Crippen LogP contribution in [0.4, 0.5) is 13.2 Å². The fraction of sp³-hybridized carbons (Fsp3) is 0.525. The van der Waals surface area contributed by atoms with Crippen LogP contribution in [0, 0.1) is 5.92 Å². The van der Waals surface area contributed by atoms with Gasteiger partial charge in [0.05, 0.1) is 0 Å². The number of piperidine rings is 1. The number of hydrogen-bond acceptors (Lipinski definition) is 9. The number of carboxylic acids is 2. The summed E-state index contributed by atoms with van der Waals surface area (Å²) in [6.07, 6.45) is -2.90. The zero-order valence-corrected chi connectivity index (χ0v) is 33.4. The van der Waals surface area contributed by atoms with E-state index in [0.717, 1.165) is 11.1 Å². The lowest BCUT2D eigenvalue weighted by atomic mass is 9.88. The topological polar surface area (TPSA) is 263 Å². The minimum atomic E-state index is -5.08. The Hall–Kier alpha value is -5.56. The average molecular weight is 836 g/mol. The summed E-state index contributed by atoms with van der Waals surface area (Å²) >= 11 is 0. The van der Waals surface area contributed by atoms with E-state index >= 15 is 0 Å². The molecule has 2 aromatic carbocycles. The molecule has 1 heterocycles. The number of alkyl halides is 3. The van der Waals surface area contributed by atoms with Gasteiger partial charge in [-0.25, -0.2) is 4.79 Å². The molecule has 0 aliphatic carbocycles. The fourth-order valence-corrected chi connectivity index (χ4v) is 6.19. The lowest BCUT2D eigenvalue weighted by Gasteiger charge is -2.38. The van der Waals surface area contributed by atoms with Crippen LogP contribution in [0.2, 0.25) is 0 Å². The van der Waals surface area contributed by atoms with Crippen molar-refractivity contribution >= 4 is 41.5 Å². The van der Waals surface area contributed by atoms with Crippen molar-refractivity contribution in [2.75, 3.05) is 19.6 Å². The van der Waals surface area contributed by atoms with E-state index in [1.807, 2.05) is 74.5 Å². The highest BCUT2D eigenvalue weighted by atomic mass is 19.4. The number of aliphatic carboxylic acids is 2. The summed E-state index contributed by atoms with van der Waals surface area (Å²) in [4.78, 5) is 89.5.